The van der Waals surface area contributed by atoms with Crippen LogP contribution >= 0.6 is 15.9 Å². The maximum atomic E-state index is 5.53. The predicted molar refractivity (Wildman–Crippen MR) is 71.8 cm³/mol. The number of methoxy groups -OCH3 is 1. The molecule has 96 valence electrons. The van der Waals surface area contributed by atoms with Crippen LogP contribution in [-0.4, -0.2) is 18.9 Å². The van der Waals surface area contributed by atoms with Gasteiger partial charge in [0.2, 0.25) is 0 Å². The predicted octanol–water partition coefficient (Wildman–Crippen LogP) is 3.09. The van der Waals surface area contributed by atoms with Crippen molar-refractivity contribution in [3.63, 3.8) is 0 Å². The van der Waals surface area contributed by atoms with Gasteiger partial charge in [0.15, 0.2) is 23.1 Å². The van der Waals surface area contributed by atoms with Crippen molar-refractivity contribution in [1.29, 1.82) is 0 Å². The van der Waals surface area contributed by atoms with E-state index in [1.54, 1.807) is 13.2 Å². The maximum Gasteiger partial charge on any atom is 0.174 e. The Morgan fingerprint density at radius 2 is 2.17 bits per heavy atom. The molecule has 0 spiro atoms. The van der Waals surface area contributed by atoms with Crippen LogP contribution in [0.4, 0.5) is 5.82 Å². The molecule has 0 saturated heterocycles. The Morgan fingerprint density at radius 3 is 2.72 bits per heavy atom. The first-order valence-electron chi connectivity index (χ1n) is 5.38. The average molecular weight is 313 g/mol. The van der Waals surface area contributed by atoms with Gasteiger partial charge in [-0.3, -0.25) is 0 Å². The third-order valence-electron chi connectivity index (χ3n) is 2.33. The van der Waals surface area contributed by atoms with Crippen LogP contribution in [0.2, 0.25) is 0 Å². The topological polar surface area (TPSA) is 70.5 Å². The van der Waals surface area contributed by atoms with Gasteiger partial charge in [-0.15, -0.1) is 0 Å². The van der Waals surface area contributed by atoms with Crippen molar-refractivity contribution in [1.82, 2.24) is 5.16 Å². The van der Waals surface area contributed by atoms with Crippen LogP contribution in [0, 0.1) is 0 Å². The number of hydrogen-bond donors (Lipinski definition) is 1. The van der Waals surface area contributed by atoms with E-state index in [1.165, 1.54) is 0 Å². The van der Waals surface area contributed by atoms with Crippen LogP contribution in [0.1, 0.15) is 6.92 Å². The van der Waals surface area contributed by atoms with Gasteiger partial charge in [0.05, 0.1) is 18.2 Å². The highest BCUT2D eigenvalue weighted by Crippen LogP contribution is 2.39. The number of hydrogen-bond acceptors (Lipinski definition) is 5. The fourth-order valence-electron chi connectivity index (χ4n) is 1.60. The molecule has 0 unspecified atom stereocenters. The number of aromatic nitrogens is 1. The summed E-state index contributed by atoms with van der Waals surface area (Å²) in [5, 5.41) is 3.66. The number of halogens is 1. The second kappa shape index (κ2) is 5.30. The van der Waals surface area contributed by atoms with Crippen molar-refractivity contribution in [2.75, 3.05) is 19.5 Å². The fraction of sp³-hybridized carbons (Fsp3) is 0.250. The van der Waals surface area contributed by atoms with Gasteiger partial charge >= 0.3 is 0 Å². The first-order valence-corrected chi connectivity index (χ1v) is 6.18. The van der Waals surface area contributed by atoms with Crippen LogP contribution in [0.25, 0.3) is 11.3 Å². The van der Waals surface area contributed by atoms with Crippen molar-refractivity contribution in [3.8, 4) is 22.8 Å². The average Bonchev–Trinajstić information content (AvgIpc) is 2.76. The Balaban J connectivity index is 2.50. The van der Waals surface area contributed by atoms with Gasteiger partial charge in [0.1, 0.15) is 0 Å². The van der Waals surface area contributed by atoms with Gasteiger partial charge in [-0.2, -0.15) is 0 Å². The molecule has 0 aliphatic heterocycles. The van der Waals surface area contributed by atoms with Gasteiger partial charge in [-0.25, -0.2) is 0 Å². The minimum atomic E-state index is 0.343. The van der Waals surface area contributed by atoms with E-state index in [0.29, 0.717) is 29.7 Å². The molecule has 5 nitrogen and oxygen atoms in total. The molecule has 0 fully saturated rings. The Labute approximate surface area is 113 Å². The standard InChI is InChI=1S/C12H13BrN2O3/c1-3-17-10-5-7(4-8(13)12(10)16-2)9-6-11(14)15-18-9/h4-6H,3H2,1-2H3,(H2,14,15). The Bertz CT molecular complexity index is 554. The third kappa shape index (κ3) is 2.43. The SMILES string of the molecule is CCOc1cc(-c2cc(N)no2)cc(Br)c1OC. The van der Waals surface area contributed by atoms with Crippen molar-refractivity contribution < 1.29 is 14.0 Å². The molecule has 1 heterocycles. The minimum Gasteiger partial charge on any atom is -0.492 e. The zero-order chi connectivity index (χ0) is 13.1. The van der Waals surface area contributed by atoms with E-state index in [1.807, 2.05) is 19.1 Å². The first kappa shape index (κ1) is 12.8. The second-order valence-corrected chi connectivity index (χ2v) is 4.39. The quantitative estimate of drug-likeness (QED) is 0.939. The van der Waals surface area contributed by atoms with Crippen LogP contribution < -0.4 is 15.2 Å². The van der Waals surface area contributed by atoms with E-state index < -0.39 is 0 Å². The highest BCUT2D eigenvalue weighted by molar-refractivity contribution is 9.10. The number of ether oxygens (including phenoxy) is 2. The molecule has 6 heteroatoms. The number of anilines is 1. The van der Waals surface area contributed by atoms with E-state index in [9.17, 15) is 0 Å². The molecule has 0 atom stereocenters. The minimum absolute atomic E-state index is 0.343. The van der Waals surface area contributed by atoms with Crippen LogP contribution in [0.3, 0.4) is 0 Å². The summed E-state index contributed by atoms with van der Waals surface area (Å²) in [4.78, 5) is 0. The summed E-state index contributed by atoms with van der Waals surface area (Å²) in [5.41, 5.74) is 6.35. The van der Waals surface area contributed by atoms with Gasteiger partial charge in [-0.05, 0) is 35.0 Å². The molecule has 1 aromatic carbocycles. The van der Waals surface area contributed by atoms with Gasteiger partial charge in [0, 0.05) is 11.6 Å². The highest BCUT2D eigenvalue weighted by Gasteiger charge is 2.14. The Kier molecular flexibility index (Phi) is 3.76. The lowest BCUT2D eigenvalue weighted by molar-refractivity contribution is 0.310. The number of rotatable bonds is 4. The zero-order valence-electron chi connectivity index (χ0n) is 10.1. The molecule has 0 bridgehead atoms. The molecule has 0 aliphatic rings. The van der Waals surface area contributed by atoms with Crippen molar-refractivity contribution >= 4 is 21.7 Å². The first-order chi connectivity index (χ1) is 8.65. The summed E-state index contributed by atoms with van der Waals surface area (Å²) in [5.74, 6) is 2.21. The van der Waals surface area contributed by atoms with Crippen LogP contribution in [0.5, 0.6) is 11.5 Å². The second-order valence-electron chi connectivity index (χ2n) is 3.54. The Morgan fingerprint density at radius 1 is 1.39 bits per heavy atom. The largest absolute Gasteiger partial charge is 0.492 e. The lowest BCUT2D eigenvalue weighted by Gasteiger charge is -2.12. The summed E-state index contributed by atoms with van der Waals surface area (Å²) in [7, 11) is 1.59. The van der Waals surface area contributed by atoms with E-state index >= 15 is 0 Å². The molecule has 0 radical (unpaired) electrons. The molecule has 2 N–H and O–H groups in total. The number of benzene rings is 1. The maximum absolute atomic E-state index is 5.53. The van der Waals surface area contributed by atoms with Gasteiger partial charge in [-0.1, -0.05) is 5.16 Å². The number of nitrogens with two attached hydrogens (primary N) is 1. The summed E-state index contributed by atoms with van der Waals surface area (Å²) in [6.07, 6.45) is 0. The van der Waals surface area contributed by atoms with Crippen molar-refractivity contribution in [3.05, 3.63) is 22.7 Å². The molecule has 1 aromatic heterocycles. The molecular formula is C12H13BrN2O3. The van der Waals surface area contributed by atoms with Crippen molar-refractivity contribution in [2.24, 2.45) is 0 Å². The zero-order valence-corrected chi connectivity index (χ0v) is 11.7. The molecule has 18 heavy (non-hydrogen) atoms. The normalized spacial score (nSPS) is 10.4. The number of nitrogens with zero attached hydrogens (tertiary/aromatic N) is 1. The third-order valence-corrected chi connectivity index (χ3v) is 2.92. The van der Waals surface area contributed by atoms with Crippen LogP contribution in [0.15, 0.2) is 27.2 Å². The fourth-order valence-corrected chi connectivity index (χ4v) is 2.20. The summed E-state index contributed by atoms with van der Waals surface area (Å²) < 4.78 is 16.7. The van der Waals surface area contributed by atoms with Gasteiger partial charge < -0.3 is 19.7 Å². The highest BCUT2D eigenvalue weighted by atomic mass is 79.9. The van der Waals surface area contributed by atoms with Crippen LogP contribution in [-0.2, 0) is 0 Å². The number of nitrogen functional groups attached to an aromatic ring is 1. The summed E-state index contributed by atoms with van der Waals surface area (Å²) >= 11 is 3.43. The molecule has 2 rings (SSSR count). The lowest BCUT2D eigenvalue weighted by atomic mass is 10.1. The van der Waals surface area contributed by atoms with E-state index in [2.05, 4.69) is 21.1 Å². The monoisotopic (exact) mass is 312 g/mol. The molecule has 0 aliphatic carbocycles. The van der Waals surface area contributed by atoms with Gasteiger partial charge in [0.25, 0.3) is 0 Å². The molecule has 2 aromatic rings. The Hall–Kier alpha value is -1.69. The molecule has 0 saturated carbocycles. The lowest BCUT2D eigenvalue weighted by Crippen LogP contribution is -1.96. The molecular weight excluding hydrogens is 300 g/mol. The van der Waals surface area contributed by atoms with Crippen molar-refractivity contribution in [2.45, 2.75) is 6.92 Å². The summed E-state index contributed by atoms with van der Waals surface area (Å²) in [6, 6.07) is 5.35. The van der Waals surface area contributed by atoms with E-state index in [4.69, 9.17) is 19.7 Å². The van der Waals surface area contributed by atoms with E-state index in [0.717, 1.165) is 10.0 Å². The molecule has 0 amide bonds. The van der Waals surface area contributed by atoms with E-state index in [-0.39, 0.29) is 0 Å². The summed E-state index contributed by atoms with van der Waals surface area (Å²) in [6.45, 7) is 2.46. The smallest absolute Gasteiger partial charge is 0.174 e.